The smallest absolute Gasteiger partial charge is 0.242 e. The Morgan fingerprint density at radius 3 is 2.23 bits per heavy atom. The lowest BCUT2D eigenvalue weighted by Gasteiger charge is -2.32. The molecule has 9 heteroatoms. The molecule has 8 nitrogen and oxygen atoms in total. The number of hydrogen-bond acceptors (Lipinski definition) is 5. The lowest BCUT2D eigenvalue weighted by molar-refractivity contribution is -0.141. The number of amides is 2. The molecule has 2 amide bonds. The molecule has 0 radical (unpaired) electrons. The summed E-state index contributed by atoms with van der Waals surface area (Å²) in [5.74, 6) is -0.0539. The number of para-hydroxylation sites is 2. The third-order valence-electron chi connectivity index (χ3n) is 6.63. The number of aryl methyl sites for hydroxylation is 1. The molecule has 208 valence electrons. The van der Waals surface area contributed by atoms with Gasteiger partial charge in [-0.05, 0) is 42.2 Å². The maximum Gasteiger partial charge on any atom is 0.242 e. The molecular formula is C30H37N3O5S. The summed E-state index contributed by atoms with van der Waals surface area (Å²) in [5.41, 5.74) is 3.32. The Morgan fingerprint density at radius 1 is 0.949 bits per heavy atom. The Labute approximate surface area is 231 Å². The number of anilines is 1. The molecule has 0 saturated heterocycles. The van der Waals surface area contributed by atoms with E-state index in [1.165, 1.54) is 11.4 Å². The normalized spacial score (nSPS) is 11.9. The van der Waals surface area contributed by atoms with Crippen LogP contribution in [0.15, 0.2) is 78.9 Å². The molecule has 1 unspecified atom stereocenters. The molecule has 0 bridgehead atoms. The molecule has 0 heterocycles. The zero-order valence-corrected chi connectivity index (χ0v) is 23.8. The fourth-order valence-electron chi connectivity index (χ4n) is 4.51. The van der Waals surface area contributed by atoms with Gasteiger partial charge in [-0.1, -0.05) is 66.7 Å². The number of nitrogens with zero attached hydrogens (tertiary/aromatic N) is 2. The van der Waals surface area contributed by atoms with Crippen LogP contribution in [0.25, 0.3) is 0 Å². The van der Waals surface area contributed by atoms with Gasteiger partial charge in [0.25, 0.3) is 0 Å². The van der Waals surface area contributed by atoms with E-state index in [1.807, 2.05) is 61.5 Å². The minimum absolute atomic E-state index is 0.0648. The van der Waals surface area contributed by atoms with Crippen LogP contribution in [0.5, 0.6) is 5.75 Å². The molecule has 0 fully saturated rings. The summed E-state index contributed by atoms with van der Waals surface area (Å²) < 4.78 is 31.9. The number of methoxy groups -OCH3 is 1. The van der Waals surface area contributed by atoms with Crippen molar-refractivity contribution in [2.45, 2.75) is 38.8 Å². The van der Waals surface area contributed by atoms with Crippen molar-refractivity contribution in [3.63, 3.8) is 0 Å². The zero-order chi connectivity index (χ0) is 28.4. The number of benzene rings is 3. The summed E-state index contributed by atoms with van der Waals surface area (Å²) >= 11 is 0. The molecule has 0 aromatic heterocycles. The highest BCUT2D eigenvalue weighted by atomic mass is 32.2. The third kappa shape index (κ3) is 8.07. The topological polar surface area (TPSA) is 96.0 Å². The van der Waals surface area contributed by atoms with Crippen LogP contribution in [-0.2, 0) is 32.6 Å². The molecule has 3 rings (SSSR count). The molecule has 39 heavy (non-hydrogen) atoms. The maximum absolute atomic E-state index is 13.8. The fraction of sp³-hybridized carbons (Fsp3) is 0.333. The number of carbonyl (C=O) groups excluding carboxylic acids is 2. The summed E-state index contributed by atoms with van der Waals surface area (Å²) in [7, 11) is -0.585. The predicted octanol–water partition coefficient (Wildman–Crippen LogP) is 3.94. The monoisotopic (exact) mass is 551 g/mol. The number of carbonyl (C=O) groups is 2. The van der Waals surface area contributed by atoms with Gasteiger partial charge in [0.2, 0.25) is 21.8 Å². The molecule has 0 aliphatic heterocycles. The number of nitrogens with one attached hydrogen (secondary N) is 1. The summed E-state index contributed by atoms with van der Waals surface area (Å²) in [4.78, 5) is 28.5. The van der Waals surface area contributed by atoms with E-state index in [4.69, 9.17) is 4.74 Å². The molecule has 0 saturated carbocycles. The Hall–Kier alpha value is -3.85. The van der Waals surface area contributed by atoms with Crippen molar-refractivity contribution in [3.05, 3.63) is 95.6 Å². The van der Waals surface area contributed by atoms with Crippen molar-refractivity contribution in [2.24, 2.45) is 0 Å². The van der Waals surface area contributed by atoms with Crippen LogP contribution < -0.4 is 14.4 Å². The zero-order valence-electron chi connectivity index (χ0n) is 23.0. The van der Waals surface area contributed by atoms with Gasteiger partial charge in [-0.25, -0.2) is 8.42 Å². The third-order valence-corrected chi connectivity index (χ3v) is 7.81. The minimum atomic E-state index is -3.63. The van der Waals surface area contributed by atoms with Crippen LogP contribution in [0.3, 0.4) is 0 Å². The van der Waals surface area contributed by atoms with Gasteiger partial charge in [0, 0.05) is 33.0 Å². The van der Waals surface area contributed by atoms with Crippen molar-refractivity contribution in [1.82, 2.24) is 10.2 Å². The highest BCUT2D eigenvalue weighted by Gasteiger charge is 2.30. The molecule has 0 aliphatic rings. The lowest BCUT2D eigenvalue weighted by atomic mass is 10.0. The van der Waals surface area contributed by atoms with E-state index in [2.05, 4.69) is 5.32 Å². The SMILES string of the molecule is CNC(=O)C(Cc1ccccc1)N(Cc1ccccc1C)C(=O)CCCN(c1ccccc1OC)S(C)(=O)=O. The summed E-state index contributed by atoms with van der Waals surface area (Å²) in [6.45, 7) is 2.33. The van der Waals surface area contributed by atoms with E-state index in [0.29, 0.717) is 17.9 Å². The van der Waals surface area contributed by atoms with E-state index in [1.54, 1.807) is 36.2 Å². The number of ether oxygens (including phenoxy) is 1. The van der Waals surface area contributed by atoms with Crippen molar-refractivity contribution < 1.29 is 22.7 Å². The van der Waals surface area contributed by atoms with E-state index in [9.17, 15) is 18.0 Å². The van der Waals surface area contributed by atoms with Crippen LogP contribution in [0.1, 0.15) is 29.5 Å². The van der Waals surface area contributed by atoms with E-state index >= 15 is 0 Å². The lowest BCUT2D eigenvalue weighted by Crippen LogP contribution is -2.50. The number of likely N-dealkylation sites (N-methyl/N-ethyl adjacent to an activating group) is 1. The molecule has 3 aromatic rings. The molecule has 0 spiro atoms. The highest BCUT2D eigenvalue weighted by molar-refractivity contribution is 7.92. The van der Waals surface area contributed by atoms with Crippen LogP contribution in [0.2, 0.25) is 0 Å². The Bertz CT molecular complexity index is 1360. The first-order chi connectivity index (χ1) is 18.7. The largest absolute Gasteiger partial charge is 0.495 e. The molecule has 0 aliphatic carbocycles. The average Bonchev–Trinajstić information content (AvgIpc) is 2.93. The summed E-state index contributed by atoms with van der Waals surface area (Å²) in [6, 6.07) is 23.5. The second-order valence-corrected chi connectivity index (χ2v) is 11.3. The molecule has 1 atom stereocenters. The fourth-order valence-corrected chi connectivity index (χ4v) is 5.48. The highest BCUT2D eigenvalue weighted by Crippen LogP contribution is 2.30. The quantitative estimate of drug-likeness (QED) is 0.347. The Morgan fingerprint density at radius 2 is 1.59 bits per heavy atom. The van der Waals surface area contributed by atoms with Gasteiger partial charge in [-0.2, -0.15) is 0 Å². The van der Waals surface area contributed by atoms with Gasteiger partial charge in [-0.3, -0.25) is 13.9 Å². The summed E-state index contributed by atoms with van der Waals surface area (Å²) in [6.07, 6.45) is 1.82. The van der Waals surface area contributed by atoms with Crippen molar-refractivity contribution in [3.8, 4) is 5.75 Å². The Kier molecular flexibility index (Phi) is 10.5. The second kappa shape index (κ2) is 13.8. The van der Waals surface area contributed by atoms with Gasteiger partial charge in [0.15, 0.2) is 0 Å². The minimum Gasteiger partial charge on any atom is -0.495 e. The molecular weight excluding hydrogens is 514 g/mol. The molecule has 3 aromatic carbocycles. The number of sulfonamides is 1. The van der Waals surface area contributed by atoms with E-state index in [-0.39, 0.29) is 37.7 Å². The number of hydrogen-bond donors (Lipinski definition) is 1. The standard InChI is InChI=1S/C30H37N3O5S/c1-23-13-8-9-16-25(23)22-32(27(30(35)31-2)21-24-14-6-5-7-15-24)29(34)19-12-20-33(39(4,36)37)26-17-10-11-18-28(26)38-3/h5-11,13-18,27H,12,19-22H2,1-4H3,(H,31,35). The van der Waals surface area contributed by atoms with E-state index < -0.39 is 16.1 Å². The van der Waals surface area contributed by atoms with Gasteiger partial charge in [0.1, 0.15) is 11.8 Å². The van der Waals surface area contributed by atoms with Crippen molar-refractivity contribution >= 4 is 27.5 Å². The van der Waals surface area contributed by atoms with Gasteiger partial charge >= 0.3 is 0 Å². The van der Waals surface area contributed by atoms with Crippen LogP contribution in [-0.4, -0.2) is 58.1 Å². The second-order valence-electron chi connectivity index (χ2n) is 9.38. The first-order valence-electron chi connectivity index (χ1n) is 12.9. The summed E-state index contributed by atoms with van der Waals surface area (Å²) in [5, 5.41) is 2.72. The number of rotatable bonds is 13. The Balaban J connectivity index is 1.87. The van der Waals surface area contributed by atoms with Crippen molar-refractivity contribution in [2.75, 3.05) is 31.3 Å². The van der Waals surface area contributed by atoms with Crippen molar-refractivity contribution in [1.29, 1.82) is 0 Å². The van der Waals surface area contributed by atoms with Crippen LogP contribution >= 0.6 is 0 Å². The maximum atomic E-state index is 13.8. The van der Waals surface area contributed by atoms with E-state index in [0.717, 1.165) is 22.9 Å². The predicted molar refractivity (Wildman–Crippen MR) is 154 cm³/mol. The average molecular weight is 552 g/mol. The first-order valence-corrected chi connectivity index (χ1v) is 14.7. The van der Waals surface area contributed by atoms with Gasteiger partial charge in [0.05, 0.1) is 19.1 Å². The molecule has 1 N–H and O–H groups in total. The van der Waals surface area contributed by atoms with Gasteiger partial charge in [-0.15, -0.1) is 0 Å². The van der Waals surface area contributed by atoms with Gasteiger partial charge < -0.3 is 15.0 Å². The first kappa shape index (κ1) is 29.7. The van der Waals surface area contributed by atoms with Crippen LogP contribution in [0.4, 0.5) is 5.69 Å². The van der Waals surface area contributed by atoms with Crippen LogP contribution in [0, 0.1) is 6.92 Å².